The van der Waals surface area contributed by atoms with Gasteiger partial charge in [0.15, 0.2) is 0 Å². The Balaban J connectivity index is 2.02. The average molecular weight is 217 g/mol. The van der Waals surface area contributed by atoms with E-state index in [2.05, 4.69) is 0 Å². The van der Waals surface area contributed by atoms with Gasteiger partial charge >= 0.3 is 0 Å². The number of nitrogen functional groups attached to an aromatic ring is 1. The Morgan fingerprint density at radius 2 is 1.69 bits per heavy atom. The van der Waals surface area contributed by atoms with Gasteiger partial charge in [0.2, 0.25) is 0 Å². The maximum atomic E-state index is 12.6. The van der Waals surface area contributed by atoms with Gasteiger partial charge in [0.1, 0.15) is 18.2 Å². The summed E-state index contributed by atoms with van der Waals surface area (Å²) in [4.78, 5) is 0. The minimum absolute atomic E-state index is 0.272. The molecule has 0 aliphatic heterocycles. The third kappa shape index (κ3) is 2.51. The molecule has 2 N–H and O–H groups in total. The molecular formula is C13H12FNO. The summed E-state index contributed by atoms with van der Waals surface area (Å²) in [6, 6.07) is 13.4. The Morgan fingerprint density at radius 3 is 2.38 bits per heavy atom. The van der Waals surface area contributed by atoms with Crippen LogP contribution in [-0.4, -0.2) is 0 Å². The van der Waals surface area contributed by atoms with Crippen LogP contribution >= 0.6 is 0 Å². The van der Waals surface area contributed by atoms with Crippen LogP contribution < -0.4 is 10.5 Å². The summed E-state index contributed by atoms with van der Waals surface area (Å²) in [6.45, 7) is 0.387. The molecule has 0 amide bonds. The van der Waals surface area contributed by atoms with Crippen LogP contribution in [0, 0.1) is 5.82 Å². The van der Waals surface area contributed by atoms with Crippen LogP contribution in [0.1, 0.15) is 5.56 Å². The fraction of sp³-hybridized carbons (Fsp3) is 0.0769. The summed E-state index contributed by atoms with van der Waals surface area (Å²) in [5.74, 6) is 0.358. The smallest absolute Gasteiger partial charge is 0.123 e. The van der Waals surface area contributed by atoms with Crippen LogP contribution in [0.2, 0.25) is 0 Å². The highest BCUT2D eigenvalue weighted by atomic mass is 19.1. The Morgan fingerprint density at radius 1 is 1.00 bits per heavy atom. The van der Waals surface area contributed by atoms with Gasteiger partial charge in [-0.1, -0.05) is 18.2 Å². The molecule has 2 aromatic carbocycles. The number of halogens is 1. The summed E-state index contributed by atoms with van der Waals surface area (Å²) >= 11 is 0. The summed E-state index contributed by atoms with van der Waals surface area (Å²) in [5, 5.41) is 0. The molecule has 0 aliphatic rings. The van der Waals surface area contributed by atoms with Gasteiger partial charge in [-0.3, -0.25) is 0 Å². The largest absolute Gasteiger partial charge is 0.489 e. The third-order valence-corrected chi connectivity index (χ3v) is 2.26. The lowest BCUT2D eigenvalue weighted by Crippen LogP contribution is -1.99. The van der Waals surface area contributed by atoms with Gasteiger partial charge in [-0.15, -0.1) is 0 Å². The predicted molar refractivity (Wildman–Crippen MR) is 61.6 cm³/mol. The molecule has 0 saturated carbocycles. The summed E-state index contributed by atoms with van der Waals surface area (Å²) in [5.41, 5.74) is 7.39. The maximum absolute atomic E-state index is 12.6. The van der Waals surface area contributed by atoms with Gasteiger partial charge in [-0.2, -0.15) is 0 Å². The first-order chi connectivity index (χ1) is 7.75. The Bertz CT molecular complexity index is 468. The van der Waals surface area contributed by atoms with Crippen molar-refractivity contribution >= 4 is 5.69 Å². The fourth-order valence-corrected chi connectivity index (χ4v) is 1.36. The number of anilines is 1. The van der Waals surface area contributed by atoms with Crippen LogP contribution in [-0.2, 0) is 6.61 Å². The number of hydrogen-bond acceptors (Lipinski definition) is 2. The minimum Gasteiger partial charge on any atom is -0.489 e. The number of rotatable bonds is 3. The molecule has 16 heavy (non-hydrogen) atoms. The summed E-state index contributed by atoms with van der Waals surface area (Å²) in [6.07, 6.45) is 0. The lowest BCUT2D eigenvalue weighted by atomic mass is 10.2. The van der Waals surface area contributed by atoms with Crippen LogP contribution in [0.4, 0.5) is 10.1 Å². The normalized spacial score (nSPS) is 10.1. The van der Waals surface area contributed by atoms with Crippen LogP contribution in [0.3, 0.4) is 0 Å². The predicted octanol–water partition coefficient (Wildman–Crippen LogP) is 2.99. The molecule has 3 heteroatoms. The molecule has 0 unspecified atom stereocenters. The van der Waals surface area contributed by atoms with Gasteiger partial charge in [-0.05, 0) is 30.3 Å². The van der Waals surface area contributed by atoms with Crippen molar-refractivity contribution in [2.45, 2.75) is 6.61 Å². The lowest BCUT2D eigenvalue weighted by molar-refractivity contribution is 0.306. The standard InChI is InChI=1S/C13H12FNO/c14-11-5-7-12(8-6-11)16-9-10-3-1-2-4-13(10)15/h1-8H,9,15H2. The number of hydrogen-bond donors (Lipinski definition) is 1. The molecule has 0 saturated heterocycles. The van der Waals surface area contributed by atoms with Gasteiger partial charge < -0.3 is 10.5 Å². The van der Waals surface area contributed by atoms with Gasteiger partial charge in [0.05, 0.1) is 0 Å². The molecule has 0 bridgehead atoms. The second-order valence-electron chi connectivity index (χ2n) is 3.44. The van der Waals surface area contributed by atoms with E-state index in [4.69, 9.17) is 10.5 Å². The molecule has 0 atom stereocenters. The van der Waals surface area contributed by atoms with Crippen molar-refractivity contribution in [2.75, 3.05) is 5.73 Å². The molecule has 0 spiro atoms. The van der Waals surface area contributed by atoms with E-state index in [1.807, 2.05) is 24.3 Å². The molecule has 2 rings (SSSR count). The fourth-order valence-electron chi connectivity index (χ4n) is 1.36. The first-order valence-corrected chi connectivity index (χ1v) is 4.97. The van der Waals surface area contributed by atoms with E-state index in [1.54, 1.807) is 12.1 Å². The molecule has 2 nitrogen and oxygen atoms in total. The zero-order valence-corrected chi connectivity index (χ0v) is 8.69. The van der Waals surface area contributed by atoms with Crippen molar-refractivity contribution in [3.05, 3.63) is 59.9 Å². The Hall–Kier alpha value is -2.03. The quantitative estimate of drug-likeness (QED) is 0.802. The van der Waals surface area contributed by atoms with E-state index in [0.717, 1.165) is 5.56 Å². The van der Waals surface area contributed by atoms with E-state index in [-0.39, 0.29) is 5.82 Å². The number of para-hydroxylation sites is 1. The van der Waals surface area contributed by atoms with Crippen LogP contribution in [0.15, 0.2) is 48.5 Å². The zero-order chi connectivity index (χ0) is 11.4. The highest BCUT2D eigenvalue weighted by Gasteiger charge is 1.99. The van der Waals surface area contributed by atoms with Crippen LogP contribution in [0.5, 0.6) is 5.75 Å². The first-order valence-electron chi connectivity index (χ1n) is 4.97. The molecule has 0 radical (unpaired) electrons. The molecule has 0 fully saturated rings. The van der Waals surface area contributed by atoms with Crippen molar-refractivity contribution in [1.29, 1.82) is 0 Å². The van der Waals surface area contributed by atoms with Crippen molar-refractivity contribution in [3.8, 4) is 5.75 Å². The van der Waals surface area contributed by atoms with Crippen molar-refractivity contribution in [1.82, 2.24) is 0 Å². The monoisotopic (exact) mass is 217 g/mol. The molecule has 2 aromatic rings. The number of nitrogens with two attached hydrogens (primary N) is 1. The second-order valence-corrected chi connectivity index (χ2v) is 3.44. The van der Waals surface area contributed by atoms with Gasteiger partial charge in [-0.25, -0.2) is 4.39 Å². The lowest BCUT2D eigenvalue weighted by Gasteiger charge is -2.07. The zero-order valence-electron chi connectivity index (χ0n) is 8.69. The van der Waals surface area contributed by atoms with E-state index >= 15 is 0 Å². The summed E-state index contributed by atoms with van der Waals surface area (Å²) < 4.78 is 18.1. The van der Waals surface area contributed by atoms with Gasteiger partial charge in [0, 0.05) is 11.3 Å². The topological polar surface area (TPSA) is 35.2 Å². The Kier molecular flexibility index (Phi) is 3.05. The molecule has 82 valence electrons. The molecule has 0 heterocycles. The first kappa shape index (κ1) is 10.5. The van der Waals surface area contributed by atoms with E-state index in [0.29, 0.717) is 18.0 Å². The van der Waals surface area contributed by atoms with Crippen molar-refractivity contribution in [2.24, 2.45) is 0 Å². The number of ether oxygens (including phenoxy) is 1. The van der Waals surface area contributed by atoms with E-state index in [1.165, 1.54) is 12.1 Å². The maximum Gasteiger partial charge on any atom is 0.123 e. The van der Waals surface area contributed by atoms with Crippen molar-refractivity contribution < 1.29 is 9.13 Å². The number of benzene rings is 2. The van der Waals surface area contributed by atoms with Crippen LogP contribution in [0.25, 0.3) is 0 Å². The second kappa shape index (κ2) is 4.66. The molecular weight excluding hydrogens is 205 g/mol. The van der Waals surface area contributed by atoms with Crippen molar-refractivity contribution in [3.63, 3.8) is 0 Å². The third-order valence-electron chi connectivity index (χ3n) is 2.26. The highest BCUT2D eigenvalue weighted by molar-refractivity contribution is 5.46. The highest BCUT2D eigenvalue weighted by Crippen LogP contribution is 2.16. The summed E-state index contributed by atoms with van der Waals surface area (Å²) in [7, 11) is 0. The SMILES string of the molecule is Nc1ccccc1COc1ccc(F)cc1. The van der Waals surface area contributed by atoms with Gasteiger partial charge in [0.25, 0.3) is 0 Å². The van der Waals surface area contributed by atoms with E-state index in [9.17, 15) is 4.39 Å². The average Bonchev–Trinajstić information content (AvgIpc) is 2.30. The Labute approximate surface area is 93.5 Å². The molecule has 0 aliphatic carbocycles. The van der Waals surface area contributed by atoms with E-state index < -0.39 is 0 Å². The minimum atomic E-state index is -0.272. The molecule has 0 aromatic heterocycles.